The Morgan fingerprint density at radius 2 is 2.00 bits per heavy atom. The van der Waals surface area contributed by atoms with E-state index in [-0.39, 0.29) is 12.7 Å². The van der Waals surface area contributed by atoms with E-state index in [1.54, 1.807) is 19.3 Å². The second kappa shape index (κ2) is 10.3. The van der Waals surface area contributed by atoms with E-state index in [4.69, 9.17) is 21.1 Å². The number of likely N-dealkylation sites (N-methyl/N-ethyl adjacent to an activating group) is 1. The fourth-order valence-corrected chi connectivity index (χ4v) is 3.47. The number of ether oxygens (including phenoxy) is 2. The van der Waals surface area contributed by atoms with Crippen molar-refractivity contribution in [3.05, 3.63) is 29.7 Å². The predicted octanol–water partition coefficient (Wildman–Crippen LogP) is 2.75. The number of hydrazine groups is 1. The number of carbonyl (C=O) groups is 1. The summed E-state index contributed by atoms with van der Waals surface area (Å²) in [4.78, 5) is 16.3. The average molecular weight is 404 g/mol. The van der Waals surface area contributed by atoms with Gasteiger partial charge in [-0.2, -0.15) is 0 Å². The Labute approximate surface area is 172 Å². The molecule has 1 aromatic rings. The molecule has 29 heavy (non-hydrogen) atoms. The van der Waals surface area contributed by atoms with E-state index in [2.05, 4.69) is 10.3 Å². The molecule has 0 aliphatic heterocycles. The lowest BCUT2D eigenvalue weighted by molar-refractivity contribution is 0.147. The lowest BCUT2D eigenvalue weighted by Gasteiger charge is -2.23. The highest BCUT2D eigenvalue weighted by molar-refractivity contribution is 5.68. The first-order valence-corrected chi connectivity index (χ1v) is 10.5. The monoisotopic (exact) mass is 403 g/mol. The van der Waals surface area contributed by atoms with Gasteiger partial charge in [-0.15, -0.1) is 0 Å². The first-order valence-electron chi connectivity index (χ1n) is 10.5. The number of hydrogen-bond acceptors (Lipinski definition) is 7. The number of alkyl carbamates (subject to hydrolysis) is 1. The molecule has 1 aromatic heterocycles. The zero-order valence-corrected chi connectivity index (χ0v) is 17.2. The number of nitrogens with zero attached hydrogens (tertiary/aromatic N) is 2. The molecule has 8 heteroatoms. The average Bonchev–Trinajstić information content (AvgIpc) is 3.53. The van der Waals surface area contributed by atoms with Crippen molar-refractivity contribution in [2.75, 3.05) is 20.2 Å². The van der Waals surface area contributed by atoms with Crippen LogP contribution in [0.25, 0.3) is 5.70 Å². The number of nitrogens with one attached hydrogen (secondary N) is 1. The Bertz CT molecular complexity index is 695. The van der Waals surface area contributed by atoms with Crippen LogP contribution in [0, 0.1) is 5.92 Å². The summed E-state index contributed by atoms with van der Waals surface area (Å²) in [7, 11) is 1.65. The molecule has 0 bridgehead atoms. The first-order chi connectivity index (χ1) is 14.0. The van der Waals surface area contributed by atoms with Crippen LogP contribution in [0.15, 0.2) is 24.0 Å². The molecule has 2 aliphatic rings. The van der Waals surface area contributed by atoms with Gasteiger partial charge in [-0.3, -0.25) is 4.98 Å². The minimum Gasteiger partial charge on any atom is -0.489 e. The van der Waals surface area contributed by atoms with Gasteiger partial charge in [0.05, 0.1) is 29.4 Å². The van der Waals surface area contributed by atoms with E-state index in [0.29, 0.717) is 23.6 Å². The highest BCUT2D eigenvalue weighted by Gasteiger charge is 2.21. The van der Waals surface area contributed by atoms with Crippen molar-refractivity contribution in [1.82, 2.24) is 15.3 Å². The Kier molecular flexibility index (Phi) is 7.57. The largest absolute Gasteiger partial charge is 0.489 e. The summed E-state index contributed by atoms with van der Waals surface area (Å²) in [6.07, 6.45) is 10.9. The fraction of sp³-hybridized carbons (Fsp3) is 0.619. The van der Waals surface area contributed by atoms with E-state index >= 15 is 0 Å². The number of hydrogen-bond donors (Lipinski definition) is 3. The number of pyridine rings is 1. The number of aromatic nitrogens is 1. The van der Waals surface area contributed by atoms with Gasteiger partial charge in [-0.1, -0.05) is 19.3 Å². The molecule has 8 nitrogen and oxygen atoms in total. The Balaban J connectivity index is 1.55. The zero-order valence-electron chi connectivity index (χ0n) is 17.2. The summed E-state index contributed by atoms with van der Waals surface area (Å²) in [5.41, 5.74) is 7.66. The van der Waals surface area contributed by atoms with Crippen LogP contribution in [0.3, 0.4) is 0 Å². The highest BCUT2D eigenvalue weighted by Crippen LogP contribution is 2.31. The number of nitrogens with two attached hydrogens (primary N) is 2. The summed E-state index contributed by atoms with van der Waals surface area (Å²) in [6, 6.07) is 3.66. The van der Waals surface area contributed by atoms with Gasteiger partial charge in [-0.05, 0) is 50.2 Å². The van der Waals surface area contributed by atoms with Crippen molar-refractivity contribution in [3.8, 4) is 5.75 Å². The van der Waals surface area contributed by atoms with E-state index in [9.17, 15) is 4.79 Å². The summed E-state index contributed by atoms with van der Waals surface area (Å²) < 4.78 is 11.3. The molecule has 2 fully saturated rings. The van der Waals surface area contributed by atoms with E-state index in [0.717, 1.165) is 30.9 Å². The minimum absolute atomic E-state index is 0.0316. The molecule has 2 aliphatic carbocycles. The Morgan fingerprint density at radius 1 is 1.24 bits per heavy atom. The van der Waals surface area contributed by atoms with E-state index in [1.165, 1.54) is 37.1 Å². The summed E-state index contributed by atoms with van der Waals surface area (Å²) >= 11 is 0. The van der Waals surface area contributed by atoms with Crippen LogP contribution in [0.5, 0.6) is 5.75 Å². The second-order valence-electron chi connectivity index (χ2n) is 7.96. The van der Waals surface area contributed by atoms with Gasteiger partial charge < -0.3 is 25.5 Å². The van der Waals surface area contributed by atoms with Crippen molar-refractivity contribution in [3.63, 3.8) is 0 Å². The van der Waals surface area contributed by atoms with Crippen LogP contribution < -0.4 is 21.6 Å². The highest BCUT2D eigenvalue weighted by atomic mass is 16.5. The molecular formula is C21H33N5O3. The summed E-state index contributed by atoms with van der Waals surface area (Å²) in [5, 5.41) is 4.11. The van der Waals surface area contributed by atoms with Gasteiger partial charge >= 0.3 is 6.09 Å². The topological polar surface area (TPSA) is 116 Å². The quantitative estimate of drug-likeness (QED) is 0.429. The second-order valence-corrected chi connectivity index (χ2v) is 7.96. The molecule has 0 unspecified atom stereocenters. The first kappa shape index (κ1) is 21.2. The molecule has 1 heterocycles. The fourth-order valence-electron chi connectivity index (χ4n) is 3.47. The van der Waals surface area contributed by atoms with Gasteiger partial charge in [0.25, 0.3) is 0 Å². The molecule has 3 rings (SSSR count). The molecule has 5 N–H and O–H groups in total. The maximum absolute atomic E-state index is 11.9. The molecular weight excluding hydrogens is 370 g/mol. The minimum atomic E-state index is -0.470. The van der Waals surface area contributed by atoms with Gasteiger partial charge in [0.2, 0.25) is 0 Å². The van der Waals surface area contributed by atoms with E-state index < -0.39 is 6.09 Å². The molecule has 0 aromatic carbocycles. The third-order valence-electron chi connectivity index (χ3n) is 5.46. The molecule has 2 saturated carbocycles. The van der Waals surface area contributed by atoms with Crippen molar-refractivity contribution >= 4 is 11.8 Å². The zero-order chi connectivity index (χ0) is 20.6. The predicted molar refractivity (Wildman–Crippen MR) is 111 cm³/mol. The third kappa shape index (κ3) is 6.81. The number of rotatable bonds is 9. The SMILES string of the molecule is CN(N)/C(COC(=O)NCCC1CC1)=C(\N)c1ccc(OC2CCCCC2)cn1. The molecule has 0 saturated heterocycles. The van der Waals surface area contributed by atoms with Gasteiger partial charge in [0, 0.05) is 13.6 Å². The van der Waals surface area contributed by atoms with Crippen LogP contribution in [0.2, 0.25) is 0 Å². The Hall–Kier alpha value is -2.48. The van der Waals surface area contributed by atoms with Crippen molar-refractivity contribution < 1.29 is 14.3 Å². The molecule has 0 radical (unpaired) electrons. The normalized spacial score (nSPS) is 18.0. The molecule has 160 valence electrons. The lowest BCUT2D eigenvalue weighted by Crippen LogP contribution is -2.33. The van der Waals surface area contributed by atoms with Gasteiger partial charge in [-0.25, -0.2) is 10.6 Å². The van der Waals surface area contributed by atoms with Crippen LogP contribution in [0.4, 0.5) is 4.79 Å². The van der Waals surface area contributed by atoms with Gasteiger partial charge in [0.1, 0.15) is 12.4 Å². The molecule has 0 atom stereocenters. The number of carbonyl (C=O) groups excluding carboxylic acids is 1. The van der Waals surface area contributed by atoms with Crippen molar-refractivity contribution in [2.45, 2.75) is 57.5 Å². The standard InChI is InChI=1S/C21H33N5O3/c1-26(23)19(14-28-21(27)24-12-11-15-7-8-15)20(22)18-10-9-17(13-25-18)29-16-5-3-2-4-6-16/h9-10,13,15-16H,2-8,11-12,14,22-23H2,1H3,(H,24,27)/b20-19-. The Morgan fingerprint density at radius 3 is 2.62 bits per heavy atom. The molecule has 1 amide bonds. The number of amides is 1. The van der Waals surface area contributed by atoms with Crippen LogP contribution >= 0.6 is 0 Å². The van der Waals surface area contributed by atoms with Crippen molar-refractivity contribution in [2.24, 2.45) is 17.5 Å². The third-order valence-corrected chi connectivity index (χ3v) is 5.46. The van der Waals surface area contributed by atoms with E-state index in [1.807, 2.05) is 6.07 Å². The summed E-state index contributed by atoms with van der Waals surface area (Å²) in [5.74, 6) is 7.39. The van der Waals surface area contributed by atoms with Crippen LogP contribution in [-0.4, -0.2) is 42.4 Å². The smallest absolute Gasteiger partial charge is 0.407 e. The van der Waals surface area contributed by atoms with Gasteiger partial charge in [0.15, 0.2) is 0 Å². The van der Waals surface area contributed by atoms with Crippen LogP contribution in [0.1, 0.15) is 57.1 Å². The molecule has 0 spiro atoms. The summed E-state index contributed by atoms with van der Waals surface area (Å²) in [6.45, 7) is 0.594. The maximum Gasteiger partial charge on any atom is 0.407 e. The van der Waals surface area contributed by atoms with Crippen LogP contribution in [-0.2, 0) is 4.74 Å². The lowest BCUT2D eigenvalue weighted by atomic mass is 9.98. The maximum atomic E-state index is 11.9. The van der Waals surface area contributed by atoms with Crippen molar-refractivity contribution in [1.29, 1.82) is 0 Å².